The van der Waals surface area contributed by atoms with Crippen molar-refractivity contribution in [3.63, 3.8) is 0 Å². The van der Waals surface area contributed by atoms with Gasteiger partial charge in [-0.15, -0.1) is 0 Å². The topological polar surface area (TPSA) is 29.3 Å². The van der Waals surface area contributed by atoms with Crippen LogP contribution in [0.1, 0.15) is 46.5 Å². The molecular weight excluding hydrogens is 172 g/mol. The van der Waals surface area contributed by atoms with E-state index in [1.807, 2.05) is 0 Å². The third-order valence-electron chi connectivity index (χ3n) is 2.82. The van der Waals surface area contributed by atoms with Crippen molar-refractivity contribution >= 4 is 0 Å². The summed E-state index contributed by atoms with van der Waals surface area (Å²) in [6.07, 6.45) is 4.98. The van der Waals surface area contributed by atoms with E-state index in [4.69, 9.17) is 5.73 Å². The van der Waals surface area contributed by atoms with Gasteiger partial charge >= 0.3 is 0 Å². The molecule has 0 aromatic heterocycles. The molecule has 0 aromatic rings. The van der Waals surface area contributed by atoms with Gasteiger partial charge in [0.1, 0.15) is 0 Å². The van der Waals surface area contributed by atoms with Gasteiger partial charge in [0.25, 0.3) is 0 Å². The molecule has 0 heterocycles. The minimum atomic E-state index is 0.432. The van der Waals surface area contributed by atoms with Gasteiger partial charge in [0.15, 0.2) is 0 Å². The molecule has 0 aliphatic rings. The van der Waals surface area contributed by atoms with Gasteiger partial charge < -0.3 is 10.6 Å². The number of nitrogens with two attached hydrogens (primary N) is 1. The molecular formula is C12H28N2. The predicted octanol–water partition coefficient (Wildman–Crippen LogP) is 2.48. The second-order valence-electron chi connectivity index (χ2n) is 5.11. The number of nitrogens with zero attached hydrogens (tertiary/aromatic N) is 1. The molecule has 0 saturated carbocycles. The van der Waals surface area contributed by atoms with Crippen molar-refractivity contribution in [2.24, 2.45) is 11.1 Å². The Hall–Kier alpha value is -0.0800. The van der Waals surface area contributed by atoms with E-state index in [1.165, 1.54) is 32.4 Å². The third-order valence-corrected chi connectivity index (χ3v) is 2.82. The molecule has 86 valence electrons. The van der Waals surface area contributed by atoms with Crippen LogP contribution in [0.2, 0.25) is 0 Å². The molecule has 14 heavy (non-hydrogen) atoms. The summed E-state index contributed by atoms with van der Waals surface area (Å²) in [5, 5.41) is 0. The summed E-state index contributed by atoms with van der Waals surface area (Å²) in [6, 6.07) is 0. The van der Waals surface area contributed by atoms with Crippen molar-refractivity contribution in [1.82, 2.24) is 4.90 Å². The summed E-state index contributed by atoms with van der Waals surface area (Å²) in [7, 11) is 2.21. The number of rotatable bonds is 8. The van der Waals surface area contributed by atoms with Crippen molar-refractivity contribution in [2.75, 3.05) is 26.7 Å². The van der Waals surface area contributed by atoms with E-state index in [2.05, 4.69) is 32.7 Å². The van der Waals surface area contributed by atoms with Gasteiger partial charge in [0.05, 0.1) is 0 Å². The van der Waals surface area contributed by atoms with Crippen molar-refractivity contribution in [2.45, 2.75) is 46.5 Å². The second kappa shape index (κ2) is 7.24. The highest BCUT2D eigenvalue weighted by Gasteiger charge is 2.15. The van der Waals surface area contributed by atoms with Gasteiger partial charge in [-0.2, -0.15) is 0 Å². The Morgan fingerprint density at radius 1 is 1.14 bits per heavy atom. The standard InChI is InChI=1S/C12H28N2/c1-5-10-14(4)11-6-7-12(2,3)8-9-13/h5-11,13H2,1-4H3. The molecule has 0 rings (SSSR count). The Morgan fingerprint density at radius 3 is 2.29 bits per heavy atom. The third kappa shape index (κ3) is 7.34. The summed E-state index contributed by atoms with van der Waals surface area (Å²) in [4.78, 5) is 2.42. The van der Waals surface area contributed by atoms with Gasteiger partial charge in [0, 0.05) is 0 Å². The van der Waals surface area contributed by atoms with E-state index >= 15 is 0 Å². The van der Waals surface area contributed by atoms with E-state index in [0.29, 0.717) is 5.41 Å². The first kappa shape index (κ1) is 13.9. The quantitative estimate of drug-likeness (QED) is 0.652. The maximum atomic E-state index is 5.58. The number of hydrogen-bond donors (Lipinski definition) is 1. The lowest BCUT2D eigenvalue weighted by molar-refractivity contribution is 0.263. The fourth-order valence-corrected chi connectivity index (χ4v) is 1.84. The summed E-state index contributed by atoms with van der Waals surface area (Å²) in [5.74, 6) is 0. The van der Waals surface area contributed by atoms with E-state index in [9.17, 15) is 0 Å². The smallest absolute Gasteiger partial charge is 0.00216 e. The summed E-state index contributed by atoms with van der Waals surface area (Å²) in [5.41, 5.74) is 6.02. The van der Waals surface area contributed by atoms with E-state index in [-0.39, 0.29) is 0 Å². The highest BCUT2D eigenvalue weighted by molar-refractivity contribution is 4.69. The van der Waals surface area contributed by atoms with E-state index < -0.39 is 0 Å². The first-order chi connectivity index (χ1) is 6.52. The zero-order valence-corrected chi connectivity index (χ0v) is 10.5. The Labute approximate surface area is 89.9 Å². The molecule has 2 heteroatoms. The molecule has 0 saturated heterocycles. The monoisotopic (exact) mass is 200 g/mol. The second-order valence-corrected chi connectivity index (χ2v) is 5.11. The zero-order chi connectivity index (χ0) is 11.0. The minimum absolute atomic E-state index is 0.432. The molecule has 2 N–H and O–H groups in total. The molecule has 0 aliphatic carbocycles. The Morgan fingerprint density at radius 2 is 1.79 bits per heavy atom. The molecule has 0 amide bonds. The number of hydrogen-bond acceptors (Lipinski definition) is 2. The molecule has 2 nitrogen and oxygen atoms in total. The van der Waals surface area contributed by atoms with Crippen LogP contribution >= 0.6 is 0 Å². The van der Waals surface area contributed by atoms with Gasteiger partial charge in [-0.3, -0.25) is 0 Å². The molecule has 0 spiro atoms. The highest BCUT2D eigenvalue weighted by Crippen LogP contribution is 2.25. The van der Waals surface area contributed by atoms with Gasteiger partial charge in [0.2, 0.25) is 0 Å². The average Bonchev–Trinajstić information content (AvgIpc) is 2.03. The van der Waals surface area contributed by atoms with Crippen LogP contribution < -0.4 is 5.73 Å². The summed E-state index contributed by atoms with van der Waals surface area (Å²) in [6.45, 7) is 10.1. The maximum absolute atomic E-state index is 5.58. The summed E-state index contributed by atoms with van der Waals surface area (Å²) >= 11 is 0. The Bertz CT molecular complexity index is 132. The van der Waals surface area contributed by atoms with Crippen molar-refractivity contribution in [1.29, 1.82) is 0 Å². The molecule has 0 aromatic carbocycles. The lowest BCUT2D eigenvalue weighted by Crippen LogP contribution is -2.23. The van der Waals surface area contributed by atoms with Crippen molar-refractivity contribution < 1.29 is 0 Å². The average molecular weight is 200 g/mol. The fourth-order valence-electron chi connectivity index (χ4n) is 1.84. The van der Waals surface area contributed by atoms with Crippen molar-refractivity contribution in [3.05, 3.63) is 0 Å². The predicted molar refractivity (Wildman–Crippen MR) is 64.5 cm³/mol. The van der Waals surface area contributed by atoms with E-state index in [1.54, 1.807) is 0 Å². The van der Waals surface area contributed by atoms with Crippen molar-refractivity contribution in [3.8, 4) is 0 Å². The minimum Gasteiger partial charge on any atom is -0.330 e. The zero-order valence-electron chi connectivity index (χ0n) is 10.5. The molecule has 0 radical (unpaired) electrons. The fraction of sp³-hybridized carbons (Fsp3) is 1.00. The van der Waals surface area contributed by atoms with Crippen LogP contribution in [0.4, 0.5) is 0 Å². The molecule has 0 fully saturated rings. The Balaban J connectivity index is 3.51. The van der Waals surface area contributed by atoms with Gasteiger partial charge in [-0.25, -0.2) is 0 Å². The van der Waals surface area contributed by atoms with Crippen LogP contribution in [0.3, 0.4) is 0 Å². The molecule has 0 bridgehead atoms. The SMILES string of the molecule is CCCN(C)CCCC(C)(C)CCN. The lowest BCUT2D eigenvalue weighted by Gasteiger charge is -2.25. The largest absolute Gasteiger partial charge is 0.330 e. The summed E-state index contributed by atoms with van der Waals surface area (Å²) < 4.78 is 0. The normalized spacial score (nSPS) is 12.4. The molecule has 0 aliphatic heterocycles. The first-order valence-corrected chi connectivity index (χ1v) is 5.90. The first-order valence-electron chi connectivity index (χ1n) is 5.90. The maximum Gasteiger partial charge on any atom is -0.00216 e. The van der Waals surface area contributed by atoms with Crippen LogP contribution in [0.25, 0.3) is 0 Å². The molecule has 0 atom stereocenters. The lowest BCUT2D eigenvalue weighted by atomic mass is 9.84. The highest BCUT2D eigenvalue weighted by atomic mass is 15.1. The van der Waals surface area contributed by atoms with Crippen LogP contribution in [-0.4, -0.2) is 31.6 Å². The van der Waals surface area contributed by atoms with Gasteiger partial charge in [-0.1, -0.05) is 20.8 Å². The van der Waals surface area contributed by atoms with Crippen LogP contribution in [0, 0.1) is 5.41 Å². The van der Waals surface area contributed by atoms with Crippen LogP contribution in [-0.2, 0) is 0 Å². The molecule has 0 unspecified atom stereocenters. The van der Waals surface area contributed by atoms with Gasteiger partial charge in [-0.05, 0) is 57.8 Å². The van der Waals surface area contributed by atoms with E-state index in [0.717, 1.165) is 13.0 Å². The van der Waals surface area contributed by atoms with Crippen LogP contribution in [0.5, 0.6) is 0 Å². The van der Waals surface area contributed by atoms with Crippen LogP contribution in [0.15, 0.2) is 0 Å². The Kier molecular flexibility index (Phi) is 7.20.